The molecular weight excluding hydrogens is 510 g/mol. The lowest BCUT2D eigenvalue weighted by Crippen LogP contribution is -2.59. The molecule has 0 aliphatic heterocycles. The van der Waals surface area contributed by atoms with Crippen molar-refractivity contribution < 1.29 is 49.4 Å². The van der Waals surface area contributed by atoms with E-state index in [0.717, 1.165) is 34.7 Å². The maximum atomic E-state index is 14.1. The summed E-state index contributed by atoms with van der Waals surface area (Å²) in [5, 5.41) is 11.0. The zero-order valence-electron chi connectivity index (χ0n) is 13.2. The Balaban J connectivity index is 3.11. The minimum atomic E-state index is -6.09. The minimum Gasteiger partial charge on any atom is -0.545 e. The number of rotatable bonds is 6. The van der Waals surface area contributed by atoms with Crippen LogP contribution in [-0.2, 0) is 4.79 Å². The van der Waals surface area contributed by atoms with E-state index in [1.54, 1.807) is 0 Å². The van der Waals surface area contributed by atoms with Crippen molar-refractivity contribution in [1.82, 2.24) is 0 Å². The van der Waals surface area contributed by atoms with Gasteiger partial charge in [0, 0.05) is 10.0 Å². The van der Waals surface area contributed by atoms with Gasteiger partial charge in [0.25, 0.3) is 5.67 Å². The van der Waals surface area contributed by atoms with Crippen LogP contribution < -0.4 is 5.11 Å². The third-order valence-corrected chi connectivity index (χ3v) is 4.59. The van der Waals surface area contributed by atoms with Crippen LogP contribution in [0.5, 0.6) is 0 Å². The molecule has 1 atom stereocenters. The molecule has 0 saturated carbocycles. The second-order valence-electron chi connectivity index (χ2n) is 5.58. The largest absolute Gasteiger partial charge is 0.545 e. The lowest BCUT2D eigenvalue weighted by Gasteiger charge is -2.39. The Bertz CT molecular complexity index is 674. The van der Waals surface area contributed by atoms with Crippen molar-refractivity contribution in [3.05, 3.63) is 33.0 Å². The van der Waals surface area contributed by atoms with Gasteiger partial charge in [-0.25, -0.2) is 4.39 Å². The van der Waals surface area contributed by atoms with Gasteiger partial charge >= 0.3 is 18.3 Å². The first-order chi connectivity index (χ1) is 12.0. The lowest BCUT2D eigenvalue weighted by atomic mass is 9.81. The van der Waals surface area contributed by atoms with Crippen molar-refractivity contribution >= 4 is 28.6 Å². The highest BCUT2D eigenvalue weighted by Gasteiger charge is 2.73. The third-order valence-electron chi connectivity index (χ3n) is 3.63. The minimum absolute atomic E-state index is 0.244. The lowest BCUT2D eigenvalue weighted by molar-refractivity contribution is -0.309. The number of carbonyl (C=O) groups excluding carboxylic acids is 1. The summed E-state index contributed by atoms with van der Waals surface area (Å²) in [4.78, 5) is 11.0. The van der Waals surface area contributed by atoms with Gasteiger partial charge in [0.05, 0.1) is 11.5 Å². The zero-order chi connectivity index (χ0) is 21.3. The molecule has 1 rings (SSSR count). The summed E-state index contributed by atoms with van der Waals surface area (Å²) in [7, 11) is 0. The Morgan fingerprint density at radius 2 is 1.59 bits per heavy atom. The van der Waals surface area contributed by atoms with Crippen molar-refractivity contribution in [2.24, 2.45) is 0 Å². The molecule has 1 unspecified atom stereocenters. The molecule has 0 heterocycles. The maximum absolute atomic E-state index is 14.1. The molecule has 1 aliphatic rings. The molecule has 0 amide bonds. The fraction of sp³-hybridized carbons (Fsp3) is 0.533. The van der Waals surface area contributed by atoms with Crippen molar-refractivity contribution in [2.75, 3.05) is 0 Å². The molecule has 0 saturated heterocycles. The quantitative estimate of drug-likeness (QED) is 0.282. The van der Waals surface area contributed by atoms with Gasteiger partial charge in [0.15, 0.2) is 0 Å². The number of carbonyl (C=O) groups is 1. The smallest absolute Gasteiger partial charge is 0.432 e. The fourth-order valence-electron chi connectivity index (χ4n) is 2.31. The highest BCUT2D eigenvalue weighted by atomic mass is 127. The molecule has 0 bridgehead atoms. The number of aliphatic carboxylic acids is 1. The molecule has 0 aromatic rings. The summed E-state index contributed by atoms with van der Waals surface area (Å²) in [5.74, 6) is -8.10. The highest BCUT2D eigenvalue weighted by Crippen LogP contribution is 2.55. The van der Waals surface area contributed by atoms with Crippen LogP contribution in [0.25, 0.3) is 0 Å². The van der Waals surface area contributed by atoms with E-state index in [0.29, 0.717) is 0 Å². The van der Waals surface area contributed by atoms with Crippen LogP contribution >= 0.6 is 22.6 Å². The molecule has 1 aliphatic carbocycles. The Kier molecular flexibility index (Phi) is 7.09. The van der Waals surface area contributed by atoms with E-state index in [-0.39, 0.29) is 6.42 Å². The fourth-order valence-corrected chi connectivity index (χ4v) is 3.28. The van der Waals surface area contributed by atoms with Gasteiger partial charge in [0.1, 0.15) is 0 Å². The summed E-state index contributed by atoms with van der Waals surface area (Å²) < 4.78 is 116. The monoisotopic (exact) mass is 521 g/mol. The van der Waals surface area contributed by atoms with Crippen molar-refractivity contribution in [3.63, 3.8) is 0 Å². The zero-order valence-corrected chi connectivity index (χ0v) is 15.3. The highest BCUT2D eigenvalue weighted by molar-refractivity contribution is 14.1. The predicted molar refractivity (Wildman–Crippen MR) is 82.6 cm³/mol. The number of carboxylic acids is 1. The van der Waals surface area contributed by atoms with E-state index in [4.69, 9.17) is 0 Å². The Hall–Kier alpha value is -1.21. The van der Waals surface area contributed by atoms with Gasteiger partial charge < -0.3 is 9.90 Å². The van der Waals surface area contributed by atoms with Gasteiger partial charge in [-0.15, -0.1) is 0 Å². The number of alkyl halides is 9. The molecule has 0 radical (unpaired) electrons. The van der Waals surface area contributed by atoms with E-state index in [1.165, 1.54) is 0 Å². The number of halogens is 10. The number of hydrogen-bond donors (Lipinski definition) is 0. The summed E-state index contributed by atoms with van der Waals surface area (Å²) in [6.45, 7) is 0. The molecule has 154 valence electrons. The standard InChI is InChI=1S/C15H12F9IO2/c16-12(15(22,23)24)7-9(25)8(10(11(26)27)14(12,20)21)5-3-1-2-4-6-13(17,18)19/h1-2,7H,3-6H2,(H,26,27)/p-1. The van der Waals surface area contributed by atoms with Gasteiger partial charge in [0.2, 0.25) is 0 Å². The predicted octanol–water partition coefficient (Wildman–Crippen LogP) is 4.95. The van der Waals surface area contributed by atoms with Crippen LogP contribution in [0.2, 0.25) is 0 Å². The van der Waals surface area contributed by atoms with E-state index in [2.05, 4.69) is 0 Å². The second-order valence-corrected chi connectivity index (χ2v) is 6.74. The van der Waals surface area contributed by atoms with Gasteiger partial charge in [-0.3, -0.25) is 0 Å². The summed E-state index contributed by atoms with van der Waals surface area (Å²) in [6, 6.07) is 0. The molecule has 12 heteroatoms. The molecule has 2 nitrogen and oxygen atoms in total. The van der Waals surface area contributed by atoms with E-state index < -0.39 is 70.0 Å². The number of allylic oxidation sites excluding steroid dienone is 5. The molecule has 27 heavy (non-hydrogen) atoms. The normalized spacial score (nSPS) is 23.7. The Labute approximate surface area is 160 Å². The molecule has 0 N–H and O–H groups in total. The Morgan fingerprint density at radius 1 is 1.07 bits per heavy atom. The Morgan fingerprint density at radius 3 is 2.04 bits per heavy atom. The molecule has 0 aromatic carbocycles. The molecule has 0 spiro atoms. The van der Waals surface area contributed by atoms with Crippen LogP contribution in [0.1, 0.15) is 25.7 Å². The van der Waals surface area contributed by atoms with Crippen LogP contribution in [0.4, 0.5) is 39.5 Å². The van der Waals surface area contributed by atoms with Crippen LogP contribution in [0, 0.1) is 0 Å². The number of hydrogen-bond acceptors (Lipinski definition) is 2. The van der Waals surface area contributed by atoms with Crippen molar-refractivity contribution in [1.29, 1.82) is 0 Å². The molecular formula is C15H11F9IO2-. The summed E-state index contributed by atoms with van der Waals surface area (Å²) in [5.41, 5.74) is -8.12. The first-order valence-electron chi connectivity index (χ1n) is 7.23. The van der Waals surface area contributed by atoms with E-state index >= 15 is 0 Å². The van der Waals surface area contributed by atoms with E-state index in [1.807, 2.05) is 0 Å². The molecule has 0 aromatic heterocycles. The summed E-state index contributed by atoms with van der Waals surface area (Å²) in [6.07, 6.45) is -11.0. The van der Waals surface area contributed by atoms with Crippen LogP contribution in [-0.4, -0.2) is 29.9 Å². The summed E-state index contributed by atoms with van der Waals surface area (Å²) >= 11 is 1.09. The van der Waals surface area contributed by atoms with Gasteiger partial charge in [-0.1, -0.05) is 12.2 Å². The second kappa shape index (κ2) is 8.03. The average molecular weight is 521 g/mol. The van der Waals surface area contributed by atoms with Crippen LogP contribution in [0.15, 0.2) is 33.0 Å². The van der Waals surface area contributed by atoms with Crippen LogP contribution in [0.3, 0.4) is 0 Å². The maximum Gasteiger partial charge on any atom is 0.432 e. The number of carboxylic acid groups (broad SMARTS) is 1. The van der Waals surface area contributed by atoms with Gasteiger partial charge in [-0.05, 0) is 53.5 Å². The first kappa shape index (κ1) is 23.8. The van der Waals surface area contributed by atoms with Gasteiger partial charge in [-0.2, -0.15) is 35.1 Å². The molecule has 0 fully saturated rings. The van der Waals surface area contributed by atoms with E-state index in [9.17, 15) is 49.4 Å². The SMILES string of the molecule is O=C([O-])C1=C(CCC=CCCC(F)(F)F)C(I)=CC(F)(C(F)(F)F)C1(F)F. The topological polar surface area (TPSA) is 40.1 Å². The average Bonchev–Trinajstić information content (AvgIpc) is 2.44. The first-order valence-corrected chi connectivity index (χ1v) is 8.31. The van der Waals surface area contributed by atoms with Crippen molar-refractivity contribution in [2.45, 2.75) is 49.6 Å². The van der Waals surface area contributed by atoms with Crippen molar-refractivity contribution in [3.8, 4) is 0 Å². The third kappa shape index (κ3) is 5.19.